The highest BCUT2D eigenvalue weighted by atomic mass is 16.5. The Morgan fingerprint density at radius 2 is 2.21 bits per heavy atom. The van der Waals surface area contributed by atoms with Gasteiger partial charge in [0.05, 0.1) is 0 Å². The van der Waals surface area contributed by atoms with Gasteiger partial charge in [0.2, 0.25) is 0 Å². The van der Waals surface area contributed by atoms with E-state index in [1.165, 1.54) is 16.3 Å². The first-order chi connectivity index (χ1) is 9.36. The lowest BCUT2D eigenvalue weighted by molar-refractivity contribution is 0.141. The number of hydrogen-bond acceptors (Lipinski definition) is 3. The lowest BCUT2D eigenvalue weighted by Gasteiger charge is -2.18. The number of hydrogen-bond donors (Lipinski definition) is 1. The number of fused-ring (bicyclic) bond motifs is 1. The van der Waals surface area contributed by atoms with Crippen molar-refractivity contribution in [1.82, 2.24) is 10.3 Å². The summed E-state index contributed by atoms with van der Waals surface area (Å²) in [6.45, 7) is 3.67. The minimum absolute atomic E-state index is 0.367. The quantitative estimate of drug-likeness (QED) is 0.774. The van der Waals surface area contributed by atoms with E-state index in [-0.39, 0.29) is 0 Å². The van der Waals surface area contributed by atoms with E-state index in [9.17, 15) is 0 Å². The molecule has 1 heterocycles. The molecule has 0 amide bonds. The molecular formula is C16H22N2O. The van der Waals surface area contributed by atoms with Crippen LogP contribution >= 0.6 is 0 Å². The van der Waals surface area contributed by atoms with E-state index in [4.69, 9.17) is 4.74 Å². The van der Waals surface area contributed by atoms with Gasteiger partial charge in [-0.3, -0.25) is 4.98 Å². The molecule has 1 unspecified atom stereocenters. The van der Waals surface area contributed by atoms with Crippen LogP contribution in [-0.4, -0.2) is 25.2 Å². The van der Waals surface area contributed by atoms with Crippen LogP contribution in [0.1, 0.15) is 31.4 Å². The Labute approximate surface area is 115 Å². The van der Waals surface area contributed by atoms with Crippen LogP contribution in [-0.2, 0) is 4.74 Å². The fourth-order valence-electron chi connectivity index (χ4n) is 2.44. The second kappa shape index (κ2) is 7.22. The van der Waals surface area contributed by atoms with Crippen molar-refractivity contribution in [1.29, 1.82) is 0 Å². The van der Waals surface area contributed by atoms with Crippen LogP contribution in [0, 0.1) is 0 Å². The van der Waals surface area contributed by atoms with Gasteiger partial charge in [0.1, 0.15) is 0 Å². The summed E-state index contributed by atoms with van der Waals surface area (Å²) in [5.41, 5.74) is 1.35. The molecular weight excluding hydrogens is 236 g/mol. The Morgan fingerprint density at radius 3 is 3.00 bits per heavy atom. The van der Waals surface area contributed by atoms with Crippen molar-refractivity contribution in [2.75, 3.05) is 20.3 Å². The highest BCUT2D eigenvalue weighted by Gasteiger charge is 2.11. The number of aromatic nitrogens is 1. The Hall–Kier alpha value is -1.45. The molecule has 102 valence electrons. The highest BCUT2D eigenvalue weighted by Crippen LogP contribution is 2.26. The number of pyridine rings is 1. The largest absolute Gasteiger partial charge is 0.382 e. The second-order valence-corrected chi connectivity index (χ2v) is 4.62. The Morgan fingerprint density at radius 1 is 1.32 bits per heavy atom. The van der Waals surface area contributed by atoms with E-state index in [2.05, 4.69) is 34.6 Å². The molecule has 0 spiro atoms. The van der Waals surface area contributed by atoms with Gasteiger partial charge >= 0.3 is 0 Å². The number of ether oxygens (including phenoxy) is 1. The predicted octanol–water partition coefficient (Wildman–Crippen LogP) is 3.31. The van der Waals surface area contributed by atoms with Gasteiger partial charge in [0.15, 0.2) is 0 Å². The third-order valence-corrected chi connectivity index (χ3v) is 3.42. The molecule has 0 aliphatic rings. The number of nitrogens with one attached hydrogen (secondary N) is 1. The van der Waals surface area contributed by atoms with Crippen molar-refractivity contribution in [3.63, 3.8) is 0 Å². The molecule has 0 aliphatic carbocycles. The average molecular weight is 258 g/mol. The van der Waals surface area contributed by atoms with Crippen LogP contribution < -0.4 is 5.32 Å². The molecule has 2 aromatic rings. The Bertz CT molecular complexity index is 508. The van der Waals surface area contributed by atoms with Gasteiger partial charge in [-0.25, -0.2) is 0 Å². The number of nitrogens with zero attached hydrogens (tertiary/aromatic N) is 1. The lowest BCUT2D eigenvalue weighted by Crippen LogP contribution is -2.17. The Balaban J connectivity index is 2.16. The molecule has 2 rings (SSSR count). The summed E-state index contributed by atoms with van der Waals surface area (Å²) < 4.78 is 5.41. The lowest BCUT2D eigenvalue weighted by atomic mass is 9.97. The van der Waals surface area contributed by atoms with E-state index in [0.29, 0.717) is 6.04 Å². The molecule has 1 aromatic heterocycles. The van der Waals surface area contributed by atoms with E-state index in [1.807, 2.05) is 26.4 Å². The molecule has 1 aromatic carbocycles. The maximum atomic E-state index is 5.41. The van der Waals surface area contributed by atoms with Gasteiger partial charge in [0, 0.05) is 37.0 Å². The molecule has 0 aliphatic heterocycles. The van der Waals surface area contributed by atoms with Crippen molar-refractivity contribution in [3.8, 4) is 0 Å². The van der Waals surface area contributed by atoms with Gasteiger partial charge < -0.3 is 10.1 Å². The van der Waals surface area contributed by atoms with Crippen LogP contribution in [0.2, 0.25) is 0 Å². The van der Waals surface area contributed by atoms with Crippen LogP contribution in [0.3, 0.4) is 0 Å². The normalized spacial score (nSPS) is 12.7. The van der Waals surface area contributed by atoms with Crippen molar-refractivity contribution in [2.24, 2.45) is 0 Å². The maximum Gasteiger partial charge on any atom is 0.0466 e. The monoisotopic (exact) mass is 258 g/mol. The first-order valence-corrected chi connectivity index (χ1v) is 6.94. The minimum atomic E-state index is 0.367. The second-order valence-electron chi connectivity index (χ2n) is 4.62. The van der Waals surface area contributed by atoms with E-state index in [0.717, 1.165) is 26.1 Å². The topological polar surface area (TPSA) is 34.1 Å². The summed E-state index contributed by atoms with van der Waals surface area (Å²) in [5, 5.41) is 5.90. The predicted molar refractivity (Wildman–Crippen MR) is 79.3 cm³/mol. The van der Waals surface area contributed by atoms with E-state index in [1.54, 1.807) is 0 Å². The third-order valence-electron chi connectivity index (χ3n) is 3.42. The zero-order valence-electron chi connectivity index (χ0n) is 11.7. The summed E-state index contributed by atoms with van der Waals surface area (Å²) in [6.07, 6.45) is 5.93. The molecule has 3 nitrogen and oxygen atoms in total. The van der Waals surface area contributed by atoms with Gasteiger partial charge in [-0.05, 0) is 43.8 Å². The minimum Gasteiger partial charge on any atom is -0.382 e. The molecule has 19 heavy (non-hydrogen) atoms. The van der Waals surface area contributed by atoms with Gasteiger partial charge in [0.25, 0.3) is 0 Å². The van der Waals surface area contributed by atoms with Crippen molar-refractivity contribution < 1.29 is 4.74 Å². The summed E-state index contributed by atoms with van der Waals surface area (Å²) in [6, 6.07) is 8.87. The first-order valence-electron chi connectivity index (χ1n) is 6.94. The van der Waals surface area contributed by atoms with E-state index < -0.39 is 0 Å². The summed E-state index contributed by atoms with van der Waals surface area (Å²) in [7, 11) is 2.02. The van der Waals surface area contributed by atoms with Crippen LogP contribution in [0.5, 0.6) is 0 Å². The SMILES string of the molecule is CCOCCCC(NC)c1cccc2cnccc12. The summed E-state index contributed by atoms with van der Waals surface area (Å²) in [4.78, 5) is 4.19. The van der Waals surface area contributed by atoms with Crippen molar-refractivity contribution in [2.45, 2.75) is 25.8 Å². The van der Waals surface area contributed by atoms with Crippen molar-refractivity contribution >= 4 is 10.8 Å². The smallest absolute Gasteiger partial charge is 0.0466 e. The highest BCUT2D eigenvalue weighted by molar-refractivity contribution is 5.85. The van der Waals surface area contributed by atoms with Crippen LogP contribution in [0.4, 0.5) is 0 Å². The zero-order chi connectivity index (χ0) is 13.5. The molecule has 3 heteroatoms. The fraction of sp³-hybridized carbons (Fsp3) is 0.438. The van der Waals surface area contributed by atoms with E-state index >= 15 is 0 Å². The molecule has 0 saturated heterocycles. The Kier molecular flexibility index (Phi) is 5.31. The van der Waals surface area contributed by atoms with Gasteiger partial charge in [-0.15, -0.1) is 0 Å². The average Bonchev–Trinajstić information content (AvgIpc) is 2.47. The number of benzene rings is 1. The molecule has 0 saturated carbocycles. The molecule has 1 N–H and O–H groups in total. The van der Waals surface area contributed by atoms with Crippen LogP contribution in [0.15, 0.2) is 36.7 Å². The molecule has 0 fully saturated rings. The number of rotatable bonds is 7. The maximum absolute atomic E-state index is 5.41. The third kappa shape index (κ3) is 3.52. The van der Waals surface area contributed by atoms with Crippen LogP contribution in [0.25, 0.3) is 10.8 Å². The first kappa shape index (κ1) is 14.0. The molecule has 1 atom stereocenters. The van der Waals surface area contributed by atoms with Gasteiger partial charge in [-0.1, -0.05) is 18.2 Å². The van der Waals surface area contributed by atoms with Crippen molar-refractivity contribution in [3.05, 3.63) is 42.2 Å². The summed E-state index contributed by atoms with van der Waals surface area (Å²) in [5.74, 6) is 0. The molecule has 0 bridgehead atoms. The standard InChI is InChI=1S/C16H22N2O/c1-3-19-11-5-8-16(17-2)15-7-4-6-13-12-18-10-9-14(13)15/h4,6-7,9-10,12,16-17H,3,5,8,11H2,1-2H3. The fourth-order valence-corrected chi connectivity index (χ4v) is 2.44. The summed E-state index contributed by atoms with van der Waals surface area (Å²) >= 11 is 0. The molecule has 0 radical (unpaired) electrons. The van der Waals surface area contributed by atoms with Gasteiger partial charge in [-0.2, -0.15) is 0 Å². The zero-order valence-corrected chi connectivity index (χ0v) is 11.7.